The molecule has 2 aliphatic heterocycles. The van der Waals surface area contributed by atoms with Crippen molar-refractivity contribution >= 4 is 35.2 Å². The molecule has 0 radical (unpaired) electrons. The third-order valence-corrected chi connectivity index (χ3v) is 4.38. The number of benzene rings is 1. The van der Waals surface area contributed by atoms with Gasteiger partial charge < -0.3 is 5.32 Å². The number of amides is 5. The van der Waals surface area contributed by atoms with Gasteiger partial charge >= 0.3 is 17.8 Å². The van der Waals surface area contributed by atoms with Crippen molar-refractivity contribution in [2.45, 2.75) is 26.2 Å². The van der Waals surface area contributed by atoms with Gasteiger partial charge in [0.15, 0.2) is 5.78 Å². The van der Waals surface area contributed by atoms with E-state index in [0.29, 0.717) is 22.6 Å². The average Bonchev–Trinajstić information content (AvgIpc) is 2.98. The highest BCUT2D eigenvalue weighted by atomic mass is 16.2. The van der Waals surface area contributed by atoms with Gasteiger partial charge in [-0.2, -0.15) is 0 Å². The molecule has 1 saturated heterocycles. The first-order valence-electron chi connectivity index (χ1n) is 8.00. The van der Waals surface area contributed by atoms with Crippen LogP contribution in [0.2, 0.25) is 0 Å². The summed E-state index contributed by atoms with van der Waals surface area (Å²) >= 11 is 0. The van der Waals surface area contributed by atoms with E-state index < -0.39 is 30.2 Å². The van der Waals surface area contributed by atoms with E-state index >= 15 is 0 Å². The van der Waals surface area contributed by atoms with Crippen LogP contribution in [0.4, 0.5) is 10.5 Å². The van der Waals surface area contributed by atoms with Gasteiger partial charge in [-0.05, 0) is 37.1 Å². The van der Waals surface area contributed by atoms with E-state index in [1.807, 2.05) is 0 Å². The van der Waals surface area contributed by atoms with Crippen LogP contribution in [0, 0.1) is 0 Å². The van der Waals surface area contributed by atoms with Crippen LogP contribution in [0.5, 0.6) is 0 Å². The summed E-state index contributed by atoms with van der Waals surface area (Å²) in [7, 11) is 0. The predicted molar refractivity (Wildman–Crippen MR) is 86.9 cm³/mol. The molecule has 0 bridgehead atoms. The van der Waals surface area contributed by atoms with Gasteiger partial charge in [-0.1, -0.05) is 6.92 Å². The van der Waals surface area contributed by atoms with E-state index in [1.54, 1.807) is 26.0 Å². The molecule has 1 atom stereocenters. The summed E-state index contributed by atoms with van der Waals surface area (Å²) < 4.78 is 0. The minimum absolute atomic E-state index is 0.137. The maximum absolute atomic E-state index is 12.5. The fraction of sp³-hybridized carbons (Fsp3) is 0.353. The molecule has 0 aromatic heterocycles. The molecule has 0 spiro atoms. The Morgan fingerprint density at radius 2 is 1.80 bits per heavy atom. The van der Waals surface area contributed by atoms with Crippen molar-refractivity contribution in [1.82, 2.24) is 9.80 Å². The Morgan fingerprint density at radius 3 is 2.48 bits per heavy atom. The maximum Gasteiger partial charge on any atom is 0.334 e. The van der Waals surface area contributed by atoms with E-state index in [9.17, 15) is 24.0 Å². The smallest absolute Gasteiger partial charge is 0.325 e. The first kappa shape index (κ1) is 16.8. The van der Waals surface area contributed by atoms with Gasteiger partial charge in [0.05, 0.1) is 12.5 Å². The van der Waals surface area contributed by atoms with Crippen LogP contribution >= 0.6 is 0 Å². The lowest BCUT2D eigenvalue weighted by molar-refractivity contribution is -0.143. The predicted octanol–water partition coefficient (Wildman–Crippen LogP) is 1.13. The van der Waals surface area contributed by atoms with Crippen molar-refractivity contribution in [1.29, 1.82) is 0 Å². The van der Waals surface area contributed by atoms with Crippen LogP contribution < -0.4 is 5.32 Å². The van der Waals surface area contributed by atoms with Crippen LogP contribution in [-0.2, 0) is 14.4 Å². The molecule has 0 saturated carbocycles. The maximum atomic E-state index is 12.5. The number of ketones is 1. The fourth-order valence-corrected chi connectivity index (χ4v) is 2.94. The summed E-state index contributed by atoms with van der Waals surface area (Å²) in [6.45, 7) is 3.14. The van der Waals surface area contributed by atoms with Crippen molar-refractivity contribution in [2.75, 3.05) is 18.4 Å². The number of carbonyl (C=O) groups is 5. The lowest BCUT2D eigenvalue weighted by Crippen LogP contribution is -2.37. The van der Waals surface area contributed by atoms with Gasteiger partial charge in [0.25, 0.3) is 0 Å². The standard InChI is InChI=1S/C17H17N3O5/c1-3-6-19-15(23)16(24)20(17(19)25)8-13(21)10-4-5-12-11(7-10)9(2)14(22)18-12/h4-5,7,9H,3,6,8H2,1-2H3,(H,18,22)/t9-/m0/s1. The van der Waals surface area contributed by atoms with Crippen LogP contribution in [0.1, 0.15) is 42.1 Å². The highest BCUT2D eigenvalue weighted by Gasteiger charge is 2.44. The summed E-state index contributed by atoms with van der Waals surface area (Å²) in [4.78, 5) is 61.6. The van der Waals surface area contributed by atoms with Crippen molar-refractivity contribution in [3.05, 3.63) is 29.3 Å². The monoisotopic (exact) mass is 343 g/mol. The van der Waals surface area contributed by atoms with Crippen LogP contribution in [-0.4, -0.2) is 52.4 Å². The zero-order valence-electron chi connectivity index (χ0n) is 13.9. The molecule has 1 aromatic carbocycles. The van der Waals surface area contributed by atoms with Crippen molar-refractivity contribution in [3.8, 4) is 0 Å². The Balaban J connectivity index is 1.79. The molecule has 0 unspecified atom stereocenters. The van der Waals surface area contributed by atoms with E-state index in [2.05, 4.69) is 5.32 Å². The van der Waals surface area contributed by atoms with E-state index in [1.165, 1.54) is 6.07 Å². The van der Waals surface area contributed by atoms with Crippen LogP contribution in [0.25, 0.3) is 0 Å². The zero-order valence-corrected chi connectivity index (χ0v) is 13.9. The molecule has 0 aliphatic carbocycles. The second-order valence-electron chi connectivity index (χ2n) is 6.07. The SMILES string of the molecule is CCCN1C(=O)C(=O)N(CC(=O)c2ccc3c(c2)[C@H](C)C(=O)N3)C1=O. The highest BCUT2D eigenvalue weighted by Crippen LogP contribution is 2.32. The second kappa shape index (κ2) is 6.12. The van der Waals surface area contributed by atoms with Gasteiger partial charge in [-0.15, -0.1) is 0 Å². The number of rotatable bonds is 5. The third-order valence-electron chi connectivity index (χ3n) is 4.38. The van der Waals surface area contributed by atoms with Crippen molar-refractivity contribution in [2.24, 2.45) is 0 Å². The molecule has 130 valence electrons. The molecule has 5 amide bonds. The summed E-state index contributed by atoms with van der Waals surface area (Å²) in [5.41, 5.74) is 1.62. The Kier molecular flexibility index (Phi) is 4.12. The van der Waals surface area contributed by atoms with Crippen LogP contribution in [0.3, 0.4) is 0 Å². The number of hydrogen-bond acceptors (Lipinski definition) is 5. The average molecular weight is 343 g/mol. The molecule has 1 aromatic rings. The van der Waals surface area contributed by atoms with Crippen LogP contribution in [0.15, 0.2) is 18.2 Å². The first-order chi connectivity index (χ1) is 11.8. The van der Waals surface area contributed by atoms with Gasteiger partial charge in [0, 0.05) is 17.8 Å². The molecule has 2 aliphatic rings. The number of fused-ring (bicyclic) bond motifs is 1. The molecule has 1 fully saturated rings. The number of carbonyl (C=O) groups excluding carboxylic acids is 5. The number of hydrogen-bond donors (Lipinski definition) is 1. The number of nitrogens with one attached hydrogen (secondary N) is 1. The van der Waals surface area contributed by atoms with E-state index in [4.69, 9.17) is 0 Å². The molecule has 2 heterocycles. The summed E-state index contributed by atoms with van der Waals surface area (Å²) in [6.07, 6.45) is 0.524. The van der Waals surface area contributed by atoms with E-state index in [-0.39, 0.29) is 23.9 Å². The Bertz CT molecular complexity index is 817. The van der Waals surface area contributed by atoms with E-state index in [0.717, 1.165) is 4.90 Å². The summed E-state index contributed by atoms with van der Waals surface area (Å²) in [5, 5.41) is 2.71. The third kappa shape index (κ3) is 2.69. The molecule has 8 nitrogen and oxygen atoms in total. The fourth-order valence-electron chi connectivity index (χ4n) is 2.94. The first-order valence-corrected chi connectivity index (χ1v) is 8.00. The number of anilines is 1. The second-order valence-corrected chi connectivity index (χ2v) is 6.07. The Morgan fingerprint density at radius 1 is 1.12 bits per heavy atom. The number of Topliss-reactive ketones (excluding diaryl/α,β-unsaturated/α-hetero) is 1. The minimum Gasteiger partial charge on any atom is -0.325 e. The minimum atomic E-state index is -0.988. The lowest BCUT2D eigenvalue weighted by atomic mass is 9.99. The van der Waals surface area contributed by atoms with Crippen molar-refractivity contribution in [3.63, 3.8) is 0 Å². The number of imide groups is 2. The molecule has 1 N–H and O–H groups in total. The zero-order chi connectivity index (χ0) is 18.3. The largest absolute Gasteiger partial charge is 0.334 e. The molecular weight excluding hydrogens is 326 g/mol. The number of urea groups is 1. The molecule has 25 heavy (non-hydrogen) atoms. The van der Waals surface area contributed by atoms with Gasteiger partial charge in [-0.3, -0.25) is 24.1 Å². The quantitative estimate of drug-likeness (QED) is 0.490. The van der Waals surface area contributed by atoms with Crippen molar-refractivity contribution < 1.29 is 24.0 Å². The molecule has 8 heteroatoms. The summed E-state index contributed by atoms with van der Waals surface area (Å²) in [5.74, 6) is -2.89. The van der Waals surface area contributed by atoms with Gasteiger partial charge in [-0.25, -0.2) is 9.69 Å². The summed E-state index contributed by atoms with van der Waals surface area (Å²) in [6, 6.07) is 3.95. The highest BCUT2D eigenvalue weighted by molar-refractivity contribution is 6.45. The molecule has 3 rings (SSSR count). The lowest BCUT2D eigenvalue weighted by Gasteiger charge is -2.14. The Labute approximate surface area is 143 Å². The normalized spacial score (nSPS) is 19.5. The number of nitrogens with zero attached hydrogens (tertiary/aromatic N) is 2. The topological polar surface area (TPSA) is 104 Å². The Hall–Kier alpha value is -3.03. The van der Waals surface area contributed by atoms with Gasteiger partial charge in [0.1, 0.15) is 0 Å². The molecular formula is C17H17N3O5. The van der Waals surface area contributed by atoms with Gasteiger partial charge in [0.2, 0.25) is 5.91 Å².